The van der Waals surface area contributed by atoms with Crippen LogP contribution in [0.25, 0.3) is 0 Å². The molecule has 1 aliphatic carbocycles. The van der Waals surface area contributed by atoms with Crippen LogP contribution in [0.2, 0.25) is 0 Å². The maximum atomic E-state index is 5.19. The van der Waals surface area contributed by atoms with E-state index in [-0.39, 0.29) is 0 Å². The Kier molecular flexibility index (Phi) is 5.71. The van der Waals surface area contributed by atoms with Crippen molar-refractivity contribution in [3.05, 3.63) is 0 Å². The lowest BCUT2D eigenvalue weighted by atomic mass is 9.82. The molecule has 1 heteroatoms. The number of hydrogen-bond donors (Lipinski definition) is 1. The molecule has 0 aromatic heterocycles. The first-order chi connectivity index (χ1) is 6.83. The van der Waals surface area contributed by atoms with Crippen molar-refractivity contribution in [1.82, 2.24) is 5.32 Å². The normalized spacial score (nSPS) is 27.1. The van der Waals surface area contributed by atoms with Crippen molar-refractivity contribution in [2.24, 2.45) is 11.8 Å². The molecular weight excluding hydrogens is 170 g/mol. The van der Waals surface area contributed by atoms with Crippen LogP contribution in [0.4, 0.5) is 0 Å². The van der Waals surface area contributed by atoms with E-state index in [1.54, 1.807) is 0 Å². The van der Waals surface area contributed by atoms with E-state index in [1.807, 2.05) is 0 Å². The van der Waals surface area contributed by atoms with Crippen molar-refractivity contribution in [2.75, 3.05) is 13.1 Å². The van der Waals surface area contributed by atoms with E-state index in [0.29, 0.717) is 0 Å². The third-order valence-corrected chi connectivity index (χ3v) is 3.15. The van der Waals surface area contributed by atoms with Crippen LogP contribution in [0.5, 0.6) is 0 Å². The fraction of sp³-hybridized carbons (Fsp3) is 0.846. The van der Waals surface area contributed by atoms with Gasteiger partial charge in [-0.3, -0.25) is 0 Å². The van der Waals surface area contributed by atoms with Crippen molar-refractivity contribution in [1.29, 1.82) is 0 Å². The van der Waals surface area contributed by atoms with Crippen molar-refractivity contribution in [3.63, 3.8) is 0 Å². The molecular formula is C13H23N. The fourth-order valence-electron chi connectivity index (χ4n) is 2.37. The van der Waals surface area contributed by atoms with Crippen LogP contribution >= 0.6 is 0 Å². The van der Waals surface area contributed by atoms with E-state index in [4.69, 9.17) is 6.42 Å². The standard InChI is InChI=1S/C13H23N/c1-3-4-5-9-14-11-13-8-6-7-12(2)10-13/h1,12-14H,4-11H2,2H3. The van der Waals surface area contributed by atoms with Crippen molar-refractivity contribution >= 4 is 0 Å². The molecule has 0 radical (unpaired) electrons. The molecule has 2 atom stereocenters. The predicted molar refractivity (Wildman–Crippen MR) is 62.1 cm³/mol. The highest BCUT2D eigenvalue weighted by molar-refractivity contribution is 4.83. The molecule has 1 nitrogen and oxygen atoms in total. The lowest BCUT2D eigenvalue weighted by molar-refractivity contribution is 0.274. The summed E-state index contributed by atoms with van der Waals surface area (Å²) in [6.45, 7) is 4.68. The van der Waals surface area contributed by atoms with Crippen LogP contribution in [0, 0.1) is 24.2 Å². The van der Waals surface area contributed by atoms with Gasteiger partial charge in [0.2, 0.25) is 0 Å². The molecule has 0 aromatic carbocycles. The quantitative estimate of drug-likeness (QED) is 0.523. The minimum atomic E-state index is 0.911. The second-order valence-electron chi connectivity index (χ2n) is 4.65. The average Bonchev–Trinajstić information content (AvgIpc) is 2.18. The van der Waals surface area contributed by atoms with Crippen molar-refractivity contribution in [3.8, 4) is 12.3 Å². The van der Waals surface area contributed by atoms with Gasteiger partial charge in [0.05, 0.1) is 0 Å². The molecule has 14 heavy (non-hydrogen) atoms. The smallest absolute Gasteiger partial charge is 0.00981 e. The van der Waals surface area contributed by atoms with Crippen LogP contribution in [-0.2, 0) is 0 Å². The largest absolute Gasteiger partial charge is 0.316 e. The predicted octanol–water partition coefficient (Wildman–Crippen LogP) is 2.82. The molecule has 80 valence electrons. The highest BCUT2D eigenvalue weighted by Gasteiger charge is 2.17. The van der Waals surface area contributed by atoms with Gasteiger partial charge in [-0.15, -0.1) is 12.3 Å². The Morgan fingerprint density at radius 3 is 3.00 bits per heavy atom. The van der Waals surface area contributed by atoms with Crippen LogP contribution in [0.3, 0.4) is 0 Å². The molecule has 1 fully saturated rings. The van der Waals surface area contributed by atoms with Gasteiger partial charge in [0, 0.05) is 6.42 Å². The van der Waals surface area contributed by atoms with Gasteiger partial charge in [0.15, 0.2) is 0 Å². The van der Waals surface area contributed by atoms with E-state index in [1.165, 1.54) is 32.2 Å². The molecule has 1 rings (SSSR count). The van der Waals surface area contributed by atoms with Crippen LogP contribution in [-0.4, -0.2) is 13.1 Å². The number of hydrogen-bond acceptors (Lipinski definition) is 1. The molecule has 1 N–H and O–H groups in total. The van der Waals surface area contributed by atoms with Gasteiger partial charge in [-0.2, -0.15) is 0 Å². The Morgan fingerprint density at radius 1 is 1.43 bits per heavy atom. The molecule has 1 saturated carbocycles. The van der Waals surface area contributed by atoms with Crippen LogP contribution in [0.1, 0.15) is 45.4 Å². The molecule has 1 aliphatic rings. The molecule has 0 aromatic rings. The number of unbranched alkanes of at least 4 members (excludes halogenated alkanes) is 1. The van der Waals surface area contributed by atoms with E-state index in [9.17, 15) is 0 Å². The number of rotatable bonds is 5. The van der Waals surface area contributed by atoms with Gasteiger partial charge in [0.1, 0.15) is 0 Å². The van der Waals surface area contributed by atoms with Gasteiger partial charge in [-0.05, 0) is 44.2 Å². The summed E-state index contributed by atoms with van der Waals surface area (Å²) < 4.78 is 0. The molecule has 0 bridgehead atoms. The van der Waals surface area contributed by atoms with Crippen LogP contribution < -0.4 is 5.32 Å². The highest BCUT2D eigenvalue weighted by Crippen LogP contribution is 2.27. The van der Waals surface area contributed by atoms with E-state index < -0.39 is 0 Å². The molecule has 0 saturated heterocycles. The Bertz CT molecular complexity index is 180. The first kappa shape index (κ1) is 11.6. The summed E-state index contributed by atoms with van der Waals surface area (Å²) >= 11 is 0. The second-order valence-corrected chi connectivity index (χ2v) is 4.65. The van der Waals surface area contributed by atoms with E-state index in [0.717, 1.165) is 31.2 Å². The van der Waals surface area contributed by atoms with Gasteiger partial charge in [-0.25, -0.2) is 0 Å². The summed E-state index contributed by atoms with van der Waals surface area (Å²) in [6, 6.07) is 0. The maximum Gasteiger partial charge on any atom is 0.00981 e. The fourth-order valence-corrected chi connectivity index (χ4v) is 2.37. The zero-order chi connectivity index (χ0) is 10.2. The molecule has 0 spiro atoms. The zero-order valence-electron chi connectivity index (χ0n) is 9.39. The summed E-state index contributed by atoms with van der Waals surface area (Å²) in [4.78, 5) is 0. The Hall–Kier alpha value is -0.480. The number of terminal acetylenes is 1. The van der Waals surface area contributed by atoms with Gasteiger partial charge < -0.3 is 5.32 Å². The SMILES string of the molecule is C#CCCCNCC1CCCC(C)C1. The summed E-state index contributed by atoms with van der Waals surface area (Å²) in [7, 11) is 0. The number of nitrogens with one attached hydrogen (secondary N) is 1. The Labute approximate surface area is 88.7 Å². The van der Waals surface area contributed by atoms with Crippen LogP contribution in [0.15, 0.2) is 0 Å². The third-order valence-electron chi connectivity index (χ3n) is 3.15. The molecule has 0 amide bonds. The first-order valence-corrected chi connectivity index (χ1v) is 5.97. The minimum Gasteiger partial charge on any atom is -0.316 e. The molecule has 0 aliphatic heterocycles. The molecule has 2 unspecified atom stereocenters. The summed E-state index contributed by atoms with van der Waals surface area (Å²) in [5.74, 6) is 4.54. The van der Waals surface area contributed by atoms with Gasteiger partial charge in [0.25, 0.3) is 0 Å². The zero-order valence-corrected chi connectivity index (χ0v) is 9.39. The van der Waals surface area contributed by atoms with Crippen molar-refractivity contribution < 1.29 is 0 Å². The first-order valence-electron chi connectivity index (χ1n) is 5.97. The summed E-state index contributed by atoms with van der Waals surface area (Å²) in [5.41, 5.74) is 0. The Balaban J connectivity index is 1.98. The summed E-state index contributed by atoms with van der Waals surface area (Å²) in [6.07, 6.45) is 12.9. The Morgan fingerprint density at radius 2 is 2.29 bits per heavy atom. The topological polar surface area (TPSA) is 12.0 Å². The van der Waals surface area contributed by atoms with Gasteiger partial charge >= 0.3 is 0 Å². The highest BCUT2D eigenvalue weighted by atomic mass is 14.9. The minimum absolute atomic E-state index is 0.911. The molecule has 0 heterocycles. The monoisotopic (exact) mass is 193 g/mol. The summed E-state index contributed by atoms with van der Waals surface area (Å²) in [5, 5.41) is 3.51. The lowest BCUT2D eigenvalue weighted by Gasteiger charge is -2.26. The van der Waals surface area contributed by atoms with Crippen molar-refractivity contribution in [2.45, 2.75) is 45.4 Å². The lowest BCUT2D eigenvalue weighted by Crippen LogP contribution is -2.27. The maximum absolute atomic E-state index is 5.19. The van der Waals surface area contributed by atoms with Gasteiger partial charge in [-0.1, -0.05) is 19.8 Å². The third kappa shape index (κ3) is 4.67. The average molecular weight is 193 g/mol. The second kappa shape index (κ2) is 6.90. The van der Waals surface area contributed by atoms with E-state index >= 15 is 0 Å². The van der Waals surface area contributed by atoms with E-state index in [2.05, 4.69) is 18.2 Å².